The summed E-state index contributed by atoms with van der Waals surface area (Å²) in [5.74, 6) is 0.0735. The molecule has 0 radical (unpaired) electrons. The van der Waals surface area contributed by atoms with E-state index in [2.05, 4.69) is 15.4 Å². The zero-order valence-corrected chi connectivity index (χ0v) is 10.7. The standard InChI is InChI=1S/C13H15F3N2O2/c14-13(15,16)8-20-11-3-1-2-9(4-11)5-18-12(19)10-6-17-7-10/h1-4,10,17H,5-8H2,(H,18,19). The number of carbonyl (C=O) groups is 1. The number of carbonyl (C=O) groups excluding carboxylic acids is 1. The molecule has 0 saturated carbocycles. The second kappa shape index (κ2) is 6.13. The molecule has 1 aromatic carbocycles. The number of nitrogens with one attached hydrogen (secondary N) is 2. The minimum atomic E-state index is -4.36. The van der Waals surface area contributed by atoms with Crippen molar-refractivity contribution >= 4 is 5.91 Å². The lowest BCUT2D eigenvalue weighted by atomic mass is 10.0. The van der Waals surface area contributed by atoms with Crippen molar-refractivity contribution < 1.29 is 22.7 Å². The van der Waals surface area contributed by atoms with Crippen molar-refractivity contribution in [1.82, 2.24) is 10.6 Å². The number of rotatable bonds is 5. The Labute approximate surface area is 114 Å². The van der Waals surface area contributed by atoms with Gasteiger partial charge in [0.2, 0.25) is 5.91 Å². The van der Waals surface area contributed by atoms with Gasteiger partial charge < -0.3 is 15.4 Å². The van der Waals surface area contributed by atoms with E-state index >= 15 is 0 Å². The van der Waals surface area contributed by atoms with Crippen LogP contribution >= 0.6 is 0 Å². The minimum absolute atomic E-state index is 0.0142. The summed E-state index contributed by atoms with van der Waals surface area (Å²) < 4.78 is 40.8. The first kappa shape index (κ1) is 14.6. The number of hydrogen-bond donors (Lipinski definition) is 2. The summed E-state index contributed by atoms with van der Waals surface area (Å²) in [6, 6.07) is 6.26. The van der Waals surface area contributed by atoms with E-state index in [-0.39, 0.29) is 24.1 Å². The molecule has 1 saturated heterocycles. The van der Waals surface area contributed by atoms with Crippen molar-refractivity contribution in [1.29, 1.82) is 0 Å². The van der Waals surface area contributed by atoms with Crippen molar-refractivity contribution in [2.45, 2.75) is 12.7 Å². The van der Waals surface area contributed by atoms with E-state index in [0.29, 0.717) is 18.7 Å². The second-order valence-corrected chi connectivity index (χ2v) is 4.62. The van der Waals surface area contributed by atoms with E-state index in [1.807, 2.05) is 0 Å². The first-order chi connectivity index (χ1) is 9.44. The maximum Gasteiger partial charge on any atom is 0.422 e. The Morgan fingerprint density at radius 1 is 1.40 bits per heavy atom. The van der Waals surface area contributed by atoms with E-state index in [1.54, 1.807) is 12.1 Å². The molecule has 0 atom stereocenters. The van der Waals surface area contributed by atoms with Crippen molar-refractivity contribution in [3.8, 4) is 5.75 Å². The molecule has 1 amide bonds. The van der Waals surface area contributed by atoms with Crippen molar-refractivity contribution in [3.63, 3.8) is 0 Å². The molecule has 1 heterocycles. The highest BCUT2D eigenvalue weighted by Crippen LogP contribution is 2.19. The lowest BCUT2D eigenvalue weighted by molar-refractivity contribution is -0.153. The second-order valence-electron chi connectivity index (χ2n) is 4.62. The van der Waals surface area contributed by atoms with Crippen molar-refractivity contribution in [2.75, 3.05) is 19.7 Å². The summed E-state index contributed by atoms with van der Waals surface area (Å²) in [7, 11) is 0. The highest BCUT2D eigenvalue weighted by atomic mass is 19.4. The summed E-state index contributed by atoms with van der Waals surface area (Å²) in [5.41, 5.74) is 0.699. The van der Waals surface area contributed by atoms with E-state index in [1.165, 1.54) is 12.1 Å². The molecular weight excluding hydrogens is 273 g/mol. The highest BCUT2D eigenvalue weighted by molar-refractivity contribution is 5.79. The predicted molar refractivity (Wildman–Crippen MR) is 66.2 cm³/mol. The zero-order chi connectivity index (χ0) is 14.6. The maximum absolute atomic E-state index is 12.0. The number of alkyl halides is 3. The normalized spacial score (nSPS) is 15.6. The van der Waals surface area contributed by atoms with Crippen LogP contribution in [0.3, 0.4) is 0 Å². The fraction of sp³-hybridized carbons (Fsp3) is 0.462. The summed E-state index contributed by atoms with van der Waals surface area (Å²) >= 11 is 0. The Kier molecular flexibility index (Phi) is 4.49. The summed E-state index contributed by atoms with van der Waals surface area (Å²) in [4.78, 5) is 11.6. The molecule has 2 N–H and O–H groups in total. The van der Waals surface area contributed by atoms with Gasteiger partial charge in [0.25, 0.3) is 0 Å². The number of halogens is 3. The molecule has 7 heteroatoms. The van der Waals surface area contributed by atoms with Crippen LogP contribution < -0.4 is 15.4 Å². The van der Waals surface area contributed by atoms with Crippen LogP contribution in [-0.2, 0) is 11.3 Å². The molecule has 0 aliphatic carbocycles. The largest absolute Gasteiger partial charge is 0.484 e. The molecule has 0 spiro atoms. The lowest BCUT2D eigenvalue weighted by Gasteiger charge is -2.25. The van der Waals surface area contributed by atoms with E-state index < -0.39 is 12.8 Å². The van der Waals surface area contributed by atoms with Crippen LogP contribution in [0.5, 0.6) is 5.75 Å². The fourth-order valence-electron chi connectivity index (χ4n) is 1.72. The van der Waals surface area contributed by atoms with Gasteiger partial charge >= 0.3 is 6.18 Å². The number of ether oxygens (including phenoxy) is 1. The van der Waals surface area contributed by atoms with Crippen LogP contribution in [-0.4, -0.2) is 31.8 Å². The van der Waals surface area contributed by atoms with Crippen LogP contribution in [0, 0.1) is 5.92 Å². The maximum atomic E-state index is 12.0. The first-order valence-corrected chi connectivity index (χ1v) is 6.21. The Morgan fingerprint density at radius 3 is 2.75 bits per heavy atom. The smallest absolute Gasteiger partial charge is 0.422 e. The average Bonchev–Trinajstić information content (AvgIpc) is 2.31. The van der Waals surface area contributed by atoms with Gasteiger partial charge in [0.05, 0.1) is 5.92 Å². The van der Waals surface area contributed by atoms with E-state index in [9.17, 15) is 18.0 Å². The zero-order valence-electron chi connectivity index (χ0n) is 10.7. The SMILES string of the molecule is O=C(NCc1cccc(OCC(F)(F)F)c1)C1CNC1. The number of amides is 1. The van der Waals surface area contributed by atoms with E-state index in [4.69, 9.17) is 0 Å². The highest BCUT2D eigenvalue weighted by Gasteiger charge is 2.28. The summed E-state index contributed by atoms with van der Waals surface area (Å²) in [6.45, 7) is 0.288. The van der Waals surface area contributed by atoms with Gasteiger partial charge in [-0.3, -0.25) is 4.79 Å². The molecule has 0 bridgehead atoms. The van der Waals surface area contributed by atoms with Crippen LogP contribution in [0.2, 0.25) is 0 Å². The van der Waals surface area contributed by atoms with Gasteiger partial charge in [-0.1, -0.05) is 12.1 Å². The molecule has 2 rings (SSSR count). The molecule has 1 fully saturated rings. The summed E-state index contributed by atoms with van der Waals surface area (Å²) in [5, 5.41) is 5.74. The van der Waals surface area contributed by atoms with Crippen molar-refractivity contribution in [3.05, 3.63) is 29.8 Å². The summed E-state index contributed by atoms with van der Waals surface area (Å²) in [6.07, 6.45) is -4.36. The topological polar surface area (TPSA) is 50.4 Å². The van der Waals surface area contributed by atoms with Gasteiger partial charge in [0.15, 0.2) is 6.61 Å². The van der Waals surface area contributed by atoms with E-state index in [0.717, 1.165) is 0 Å². The number of benzene rings is 1. The Balaban J connectivity index is 1.84. The molecule has 1 aliphatic rings. The lowest BCUT2D eigenvalue weighted by Crippen LogP contribution is -2.50. The monoisotopic (exact) mass is 288 g/mol. The molecule has 1 aromatic rings. The Morgan fingerprint density at radius 2 is 2.15 bits per heavy atom. The van der Waals surface area contributed by atoms with Crippen LogP contribution in [0.4, 0.5) is 13.2 Å². The van der Waals surface area contributed by atoms with Crippen LogP contribution in [0.15, 0.2) is 24.3 Å². The molecule has 110 valence electrons. The third-order valence-electron chi connectivity index (χ3n) is 2.92. The van der Waals surface area contributed by atoms with Gasteiger partial charge in [0, 0.05) is 19.6 Å². The average molecular weight is 288 g/mol. The molecule has 4 nitrogen and oxygen atoms in total. The predicted octanol–water partition coefficient (Wildman–Crippen LogP) is 1.46. The molecule has 1 aliphatic heterocycles. The first-order valence-electron chi connectivity index (χ1n) is 6.21. The fourth-order valence-corrected chi connectivity index (χ4v) is 1.72. The molecule has 0 aromatic heterocycles. The molecular formula is C13H15F3N2O2. The quantitative estimate of drug-likeness (QED) is 0.862. The van der Waals surface area contributed by atoms with Gasteiger partial charge in [-0.15, -0.1) is 0 Å². The Hall–Kier alpha value is -1.76. The van der Waals surface area contributed by atoms with Crippen LogP contribution in [0.25, 0.3) is 0 Å². The number of hydrogen-bond acceptors (Lipinski definition) is 3. The molecule has 0 unspecified atom stereocenters. The van der Waals surface area contributed by atoms with Gasteiger partial charge in [0.1, 0.15) is 5.75 Å². The third kappa shape index (κ3) is 4.41. The van der Waals surface area contributed by atoms with Gasteiger partial charge in [-0.05, 0) is 17.7 Å². The van der Waals surface area contributed by atoms with Gasteiger partial charge in [-0.2, -0.15) is 13.2 Å². The minimum Gasteiger partial charge on any atom is -0.484 e. The van der Waals surface area contributed by atoms with Gasteiger partial charge in [-0.25, -0.2) is 0 Å². The molecule has 20 heavy (non-hydrogen) atoms. The van der Waals surface area contributed by atoms with Crippen LogP contribution in [0.1, 0.15) is 5.56 Å². The Bertz CT molecular complexity index is 473. The third-order valence-corrected chi connectivity index (χ3v) is 2.92. The van der Waals surface area contributed by atoms with Crippen molar-refractivity contribution in [2.24, 2.45) is 5.92 Å².